The van der Waals surface area contributed by atoms with Gasteiger partial charge in [0, 0.05) is 18.3 Å². The molecule has 4 nitrogen and oxygen atoms in total. The zero-order chi connectivity index (χ0) is 14.3. The third-order valence-electron chi connectivity index (χ3n) is 2.79. The lowest BCUT2D eigenvalue weighted by Crippen LogP contribution is -2.29. The number of nitrogens with one attached hydrogen (secondary N) is 2. The molecule has 2 N–H and O–H groups in total. The fourth-order valence-corrected chi connectivity index (χ4v) is 1.87. The molecule has 0 aliphatic heterocycles. The first-order valence-electron chi connectivity index (χ1n) is 6.39. The lowest BCUT2D eigenvalue weighted by atomic mass is 10.1. The number of aryl methyl sites for hydroxylation is 1. The number of benzene rings is 1. The molecule has 0 radical (unpaired) electrons. The van der Waals surface area contributed by atoms with Gasteiger partial charge in [-0.25, -0.2) is 0 Å². The molecule has 106 valence electrons. The molecule has 0 aromatic heterocycles. The van der Waals surface area contributed by atoms with E-state index in [1.54, 1.807) is 14.2 Å². The molecule has 0 aliphatic rings. The van der Waals surface area contributed by atoms with Gasteiger partial charge in [0.2, 0.25) is 0 Å². The van der Waals surface area contributed by atoms with Crippen molar-refractivity contribution in [3.05, 3.63) is 17.7 Å². The van der Waals surface area contributed by atoms with E-state index in [-0.39, 0.29) is 0 Å². The number of ether oxygens (including phenoxy) is 2. The molecule has 19 heavy (non-hydrogen) atoms. The van der Waals surface area contributed by atoms with Crippen molar-refractivity contribution in [2.45, 2.75) is 26.7 Å². The van der Waals surface area contributed by atoms with Crippen LogP contribution in [0.5, 0.6) is 11.5 Å². The van der Waals surface area contributed by atoms with E-state index < -0.39 is 0 Å². The van der Waals surface area contributed by atoms with E-state index in [0.29, 0.717) is 10.9 Å². The van der Waals surface area contributed by atoms with Crippen molar-refractivity contribution < 1.29 is 9.47 Å². The number of rotatable bonds is 6. The molecule has 0 fully saturated rings. The van der Waals surface area contributed by atoms with E-state index in [0.717, 1.165) is 36.4 Å². The maximum Gasteiger partial charge on any atom is 0.170 e. The molecular weight excluding hydrogens is 260 g/mol. The van der Waals surface area contributed by atoms with Crippen LogP contribution in [0.25, 0.3) is 0 Å². The maximum atomic E-state index is 5.28. The van der Waals surface area contributed by atoms with Gasteiger partial charge >= 0.3 is 0 Å². The highest BCUT2D eigenvalue weighted by Gasteiger charge is 2.09. The van der Waals surface area contributed by atoms with Crippen molar-refractivity contribution in [1.82, 2.24) is 5.32 Å². The van der Waals surface area contributed by atoms with Crippen LogP contribution in [0.4, 0.5) is 5.69 Å². The molecule has 1 aromatic rings. The van der Waals surface area contributed by atoms with Gasteiger partial charge in [0.15, 0.2) is 16.6 Å². The van der Waals surface area contributed by atoms with Crippen LogP contribution in [0.1, 0.15) is 25.3 Å². The molecule has 0 heterocycles. The van der Waals surface area contributed by atoms with Gasteiger partial charge in [-0.3, -0.25) is 0 Å². The van der Waals surface area contributed by atoms with E-state index in [1.807, 2.05) is 19.1 Å². The average molecular weight is 282 g/mol. The van der Waals surface area contributed by atoms with Crippen molar-refractivity contribution in [2.24, 2.45) is 0 Å². The highest BCUT2D eigenvalue weighted by Crippen LogP contribution is 2.32. The van der Waals surface area contributed by atoms with E-state index in [2.05, 4.69) is 17.6 Å². The second kappa shape index (κ2) is 7.84. The van der Waals surface area contributed by atoms with E-state index in [1.165, 1.54) is 0 Å². The lowest BCUT2D eigenvalue weighted by molar-refractivity contribution is 0.355. The summed E-state index contributed by atoms with van der Waals surface area (Å²) in [7, 11) is 3.25. The predicted molar refractivity (Wildman–Crippen MR) is 83.4 cm³/mol. The van der Waals surface area contributed by atoms with Crippen LogP contribution in [-0.2, 0) is 0 Å². The number of unbranched alkanes of at least 4 members (excludes halogenated alkanes) is 1. The van der Waals surface area contributed by atoms with E-state index >= 15 is 0 Å². The number of methoxy groups -OCH3 is 2. The lowest BCUT2D eigenvalue weighted by Gasteiger charge is -2.15. The second-order valence-electron chi connectivity index (χ2n) is 4.26. The van der Waals surface area contributed by atoms with Crippen LogP contribution >= 0.6 is 12.2 Å². The summed E-state index contributed by atoms with van der Waals surface area (Å²) in [5.74, 6) is 1.40. The standard InChI is InChI=1S/C14H22N2O2S/c1-5-6-7-15-14(19)16-11-9-13(18-4)12(17-3)8-10(11)2/h8-9H,5-7H2,1-4H3,(H2,15,16,19). The Balaban J connectivity index is 2.75. The van der Waals surface area contributed by atoms with Gasteiger partial charge < -0.3 is 20.1 Å². The Kier molecular flexibility index (Phi) is 6.42. The maximum absolute atomic E-state index is 5.28. The van der Waals surface area contributed by atoms with Crippen molar-refractivity contribution in [3.63, 3.8) is 0 Å². The molecule has 0 saturated heterocycles. The van der Waals surface area contributed by atoms with Crippen molar-refractivity contribution in [3.8, 4) is 11.5 Å². The summed E-state index contributed by atoms with van der Waals surface area (Å²) in [6, 6.07) is 3.82. The van der Waals surface area contributed by atoms with Crippen LogP contribution in [-0.4, -0.2) is 25.9 Å². The van der Waals surface area contributed by atoms with Gasteiger partial charge in [0.25, 0.3) is 0 Å². The van der Waals surface area contributed by atoms with Gasteiger partial charge in [0.05, 0.1) is 14.2 Å². The Bertz CT molecular complexity index is 436. The molecule has 0 spiro atoms. The average Bonchev–Trinajstić information content (AvgIpc) is 2.40. The minimum atomic E-state index is 0.628. The van der Waals surface area contributed by atoms with Crippen LogP contribution < -0.4 is 20.1 Å². The predicted octanol–water partition coefficient (Wildman–Crippen LogP) is 3.10. The van der Waals surface area contributed by atoms with Gasteiger partial charge in [-0.1, -0.05) is 13.3 Å². The number of hydrogen-bond donors (Lipinski definition) is 2. The van der Waals surface area contributed by atoms with Gasteiger partial charge in [-0.05, 0) is 37.2 Å². The van der Waals surface area contributed by atoms with Gasteiger partial charge in [0.1, 0.15) is 0 Å². The summed E-state index contributed by atoms with van der Waals surface area (Å²) in [5, 5.41) is 6.98. The molecule has 1 aromatic carbocycles. The molecule has 0 atom stereocenters. The molecule has 0 amide bonds. The Morgan fingerprint density at radius 3 is 2.42 bits per heavy atom. The summed E-state index contributed by atoms with van der Waals surface area (Å²) in [4.78, 5) is 0. The van der Waals surface area contributed by atoms with Crippen molar-refractivity contribution >= 4 is 23.0 Å². The van der Waals surface area contributed by atoms with Crippen molar-refractivity contribution in [2.75, 3.05) is 26.1 Å². The van der Waals surface area contributed by atoms with Gasteiger partial charge in [-0.15, -0.1) is 0 Å². The molecule has 1 rings (SSSR count). The highest BCUT2D eigenvalue weighted by molar-refractivity contribution is 7.80. The molecule has 0 saturated carbocycles. The Hall–Kier alpha value is -1.49. The topological polar surface area (TPSA) is 42.5 Å². The normalized spacial score (nSPS) is 9.89. The van der Waals surface area contributed by atoms with Crippen LogP contribution in [0.2, 0.25) is 0 Å². The fourth-order valence-electron chi connectivity index (χ4n) is 1.66. The Morgan fingerprint density at radius 1 is 1.21 bits per heavy atom. The minimum Gasteiger partial charge on any atom is -0.493 e. The number of anilines is 1. The van der Waals surface area contributed by atoms with Crippen LogP contribution in [0.3, 0.4) is 0 Å². The molecule has 5 heteroatoms. The smallest absolute Gasteiger partial charge is 0.170 e. The summed E-state index contributed by atoms with van der Waals surface area (Å²) in [6.07, 6.45) is 2.25. The van der Waals surface area contributed by atoms with Gasteiger partial charge in [-0.2, -0.15) is 0 Å². The fraction of sp³-hybridized carbons (Fsp3) is 0.500. The van der Waals surface area contributed by atoms with Crippen LogP contribution in [0, 0.1) is 6.92 Å². The molecule has 0 unspecified atom stereocenters. The Morgan fingerprint density at radius 2 is 1.84 bits per heavy atom. The van der Waals surface area contributed by atoms with Crippen LogP contribution in [0.15, 0.2) is 12.1 Å². The Labute approximate surface area is 120 Å². The molecular formula is C14H22N2O2S. The van der Waals surface area contributed by atoms with E-state index in [9.17, 15) is 0 Å². The monoisotopic (exact) mass is 282 g/mol. The summed E-state index contributed by atoms with van der Waals surface area (Å²) in [6.45, 7) is 5.03. The number of hydrogen-bond acceptors (Lipinski definition) is 3. The first-order chi connectivity index (χ1) is 9.12. The largest absolute Gasteiger partial charge is 0.493 e. The summed E-state index contributed by atoms with van der Waals surface area (Å²) < 4.78 is 10.5. The quantitative estimate of drug-likeness (QED) is 0.620. The first kappa shape index (κ1) is 15.6. The first-order valence-corrected chi connectivity index (χ1v) is 6.80. The zero-order valence-electron chi connectivity index (χ0n) is 12.0. The second-order valence-corrected chi connectivity index (χ2v) is 4.66. The SMILES string of the molecule is CCCCNC(=S)Nc1cc(OC)c(OC)cc1C. The third-order valence-corrected chi connectivity index (χ3v) is 3.04. The third kappa shape index (κ3) is 4.59. The number of thiocarbonyl (C=S) groups is 1. The zero-order valence-corrected chi connectivity index (χ0v) is 12.8. The van der Waals surface area contributed by atoms with E-state index in [4.69, 9.17) is 21.7 Å². The highest BCUT2D eigenvalue weighted by atomic mass is 32.1. The molecule has 0 bridgehead atoms. The van der Waals surface area contributed by atoms with Crippen molar-refractivity contribution in [1.29, 1.82) is 0 Å². The minimum absolute atomic E-state index is 0.628. The summed E-state index contributed by atoms with van der Waals surface area (Å²) >= 11 is 5.26. The summed E-state index contributed by atoms with van der Waals surface area (Å²) in [5.41, 5.74) is 1.98. The molecule has 0 aliphatic carbocycles.